The SMILES string of the molecule is C[Si](C)(C)Oc1ccc(C2(c3ccc(O[Si](C)(C)C)cc3)OC(=O)c3ccccc32)cc1. The smallest absolute Gasteiger partial charge is 0.340 e. The Hall–Kier alpha value is -2.84. The molecule has 4 nitrogen and oxygen atoms in total. The van der Waals surface area contributed by atoms with E-state index >= 15 is 0 Å². The first-order chi connectivity index (χ1) is 15.0. The van der Waals surface area contributed by atoms with Gasteiger partial charge < -0.3 is 13.6 Å². The molecule has 0 fully saturated rings. The lowest BCUT2D eigenvalue weighted by Crippen LogP contribution is -2.31. The Labute approximate surface area is 192 Å². The molecule has 0 saturated heterocycles. The minimum absolute atomic E-state index is 0.314. The number of carbonyl (C=O) groups excluding carboxylic acids is 1. The summed E-state index contributed by atoms with van der Waals surface area (Å²) in [4.78, 5) is 12.9. The summed E-state index contributed by atoms with van der Waals surface area (Å²) in [5, 5.41) is 0. The minimum atomic E-state index is -1.72. The lowest BCUT2D eigenvalue weighted by atomic mass is 9.80. The van der Waals surface area contributed by atoms with Crippen molar-refractivity contribution in [2.45, 2.75) is 44.9 Å². The fourth-order valence-electron chi connectivity index (χ4n) is 4.04. The Kier molecular flexibility index (Phi) is 5.55. The van der Waals surface area contributed by atoms with Crippen LogP contribution in [0.2, 0.25) is 39.3 Å². The summed E-state index contributed by atoms with van der Waals surface area (Å²) >= 11 is 0. The second kappa shape index (κ2) is 7.94. The molecule has 0 unspecified atom stereocenters. The molecular formula is C26H30O4Si2. The van der Waals surface area contributed by atoms with E-state index in [2.05, 4.69) is 39.3 Å². The molecule has 1 aliphatic rings. The predicted octanol–water partition coefficient (Wildman–Crippen LogP) is 6.58. The zero-order valence-electron chi connectivity index (χ0n) is 19.6. The van der Waals surface area contributed by atoms with Gasteiger partial charge in [-0.2, -0.15) is 0 Å². The largest absolute Gasteiger partial charge is 0.544 e. The van der Waals surface area contributed by atoms with Crippen LogP contribution in [0.5, 0.6) is 11.5 Å². The summed E-state index contributed by atoms with van der Waals surface area (Å²) in [7, 11) is -3.44. The van der Waals surface area contributed by atoms with Crippen molar-refractivity contribution in [1.82, 2.24) is 0 Å². The third kappa shape index (κ3) is 4.38. The number of rotatable bonds is 6. The van der Waals surface area contributed by atoms with Gasteiger partial charge >= 0.3 is 5.97 Å². The second-order valence-corrected chi connectivity index (χ2v) is 19.0. The van der Waals surface area contributed by atoms with Crippen LogP contribution >= 0.6 is 0 Å². The Morgan fingerprint density at radius 3 is 1.53 bits per heavy atom. The van der Waals surface area contributed by atoms with E-state index in [0.717, 1.165) is 28.2 Å². The summed E-state index contributed by atoms with van der Waals surface area (Å²) in [6, 6.07) is 23.5. The molecule has 0 aliphatic carbocycles. The van der Waals surface area contributed by atoms with Gasteiger partial charge in [0, 0.05) is 16.7 Å². The molecule has 0 atom stereocenters. The van der Waals surface area contributed by atoms with Gasteiger partial charge in [-0.3, -0.25) is 0 Å². The third-order valence-electron chi connectivity index (χ3n) is 5.14. The fourth-order valence-corrected chi connectivity index (χ4v) is 5.72. The van der Waals surface area contributed by atoms with Crippen LogP contribution in [0.25, 0.3) is 0 Å². The molecule has 3 aromatic carbocycles. The van der Waals surface area contributed by atoms with E-state index in [1.165, 1.54) is 0 Å². The van der Waals surface area contributed by atoms with Crippen LogP contribution in [-0.4, -0.2) is 22.6 Å². The average molecular weight is 463 g/mol. The lowest BCUT2D eigenvalue weighted by Gasteiger charge is -2.31. The molecule has 1 aliphatic heterocycles. The monoisotopic (exact) mass is 462 g/mol. The van der Waals surface area contributed by atoms with Gasteiger partial charge in [-0.15, -0.1) is 0 Å². The molecule has 0 radical (unpaired) electrons. The second-order valence-electron chi connectivity index (χ2n) is 10.1. The highest BCUT2D eigenvalue weighted by atomic mass is 28.4. The summed E-state index contributed by atoms with van der Waals surface area (Å²) < 4.78 is 18.4. The maximum absolute atomic E-state index is 12.9. The number of ether oxygens (including phenoxy) is 1. The first-order valence-electron chi connectivity index (χ1n) is 10.9. The van der Waals surface area contributed by atoms with Crippen molar-refractivity contribution in [3.8, 4) is 11.5 Å². The van der Waals surface area contributed by atoms with Crippen LogP contribution in [0.15, 0.2) is 72.8 Å². The summed E-state index contributed by atoms with van der Waals surface area (Å²) in [5.41, 5.74) is 2.21. The molecule has 6 heteroatoms. The summed E-state index contributed by atoms with van der Waals surface area (Å²) in [6.45, 7) is 12.9. The maximum Gasteiger partial charge on any atom is 0.340 e. The van der Waals surface area contributed by atoms with Crippen molar-refractivity contribution in [2.75, 3.05) is 0 Å². The molecule has 0 bridgehead atoms. The molecule has 0 saturated carbocycles. The number of esters is 1. The first kappa shape index (κ1) is 22.4. The zero-order valence-corrected chi connectivity index (χ0v) is 21.6. The van der Waals surface area contributed by atoms with Crippen LogP contribution in [-0.2, 0) is 10.3 Å². The molecule has 1 heterocycles. The van der Waals surface area contributed by atoms with Crippen LogP contribution < -0.4 is 8.85 Å². The highest BCUT2D eigenvalue weighted by Crippen LogP contribution is 2.47. The van der Waals surface area contributed by atoms with E-state index in [1.54, 1.807) is 0 Å². The standard InChI is InChI=1S/C26H30O4Si2/c1-31(2,3)29-21-15-11-19(12-16-21)26(24-10-8-7-9-23(24)25(27)28-26)20-13-17-22(18-14-20)30-32(4,5)6/h7-18H,1-6H3. The van der Waals surface area contributed by atoms with Gasteiger partial charge in [-0.1, -0.05) is 42.5 Å². The van der Waals surface area contributed by atoms with Crippen LogP contribution in [0.3, 0.4) is 0 Å². The molecule has 0 aromatic heterocycles. The van der Waals surface area contributed by atoms with E-state index < -0.39 is 22.2 Å². The van der Waals surface area contributed by atoms with Gasteiger partial charge in [0.25, 0.3) is 0 Å². The Morgan fingerprint density at radius 2 is 1.09 bits per heavy atom. The predicted molar refractivity (Wildman–Crippen MR) is 133 cm³/mol. The summed E-state index contributed by atoms with van der Waals surface area (Å²) in [5.74, 6) is 1.35. The van der Waals surface area contributed by atoms with E-state index in [-0.39, 0.29) is 5.97 Å². The number of fused-ring (bicyclic) bond motifs is 1. The number of benzene rings is 3. The minimum Gasteiger partial charge on any atom is -0.544 e. The van der Waals surface area contributed by atoms with Gasteiger partial charge in [0.15, 0.2) is 5.60 Å². The lowest BCUT2D eigenvalue weighted by molar-refractivity contribution is 0.0251. The molecule has 32 heavy (non-hydrogen) atoms. The van der Waals surface area contributed by atoms with Gasteiger partial charge in [0.1, 0.15) is 11.5 Å². The molecule has 166 valence electrons. The van der Waals surface area contributed by atoms with Crippen LogP contribution in [0.1, 0.15) is 27.0 Å². The molecular weight excluding hydrogens is 432 g/mol. The van der Waals surface area contributed by atoms with Gasteiger partial charge in [0.2, 0.25) is 16.6 Å². The van der Waals surface area contributed by atoms with Crippen molar-refractivity contribution in [2.24, 2.45) is 0 Å². The first-order valence-corrected chi connectivity index (χ1v) is 17.7. The Morgan fingerprint density at radius 1 is 0.656 bits per heavy atom. The number of carbonyl (C=O) groups is 1. The van der Waals surface area contributed by atoms with Crippen molar-refractivity contribution in [3.63, 3.8) is 0 Å². The van der Waals surface area contributed by atoms with E-state index in [9.17, 15) is 4.79 Å². The van der Waals surface area contributed by atoms with Crippen molar-refractivity contribution >= 4 is 22.6 Å². The van der Waals surface area contributed by atoms with E-state index in [0.29, 0.717) is 5.56 Å². The summed E-state index contributed by atoms with van der Waals surface area (Å²) in [6.07, 6.45) is 0. The number of cyclic esters (lactones) is 1. The topological polar surface area (TPSA) is 44.8 Å². The van der Waals surface area contributed by atoms with Crippen molar-refractivity contribution < 1.29 is 18.4 Å². The van der Waals surface area contributed by atoms with Gasteiger partial charge in [-0.25, -0.2) is 4.79 Å². The fraction of sp³-hybridized carbons (Fsp3) is 0.269. The number of hydrogen-bond donors (Lipinski definition) is 0. The van der Waals surface area contributed by atoms with Crippen LogP contribution in [0, 0.1) is 0 Å². The molecule has 0 spiro atoms. The highest BCUT2D eigenvalue weighted by molar-refractivity contribution is 6.70. The van der Waals surface area contributed by atoms with E-state index in [4.69, 9.17) is 13.6 Å². The maximum atomic E-state index is 12.9. The van der Waals surface area contributed by atoms with Crippen LogP contribution in [0.4, 0.5) is 0 Å². The molecule has 0 N–H and O–H groups in total. The van der Waals surface area contributed by atoms with Crippen molar-refractivity contribution in [1.29, 1.82) is 0 Å². The molecule has 4 rings (SSSR count). The Bertz CT molecular complexity index is 1060. The quantitative estimate of drug-likeness (QED) is 0.307. The highest BCUT2D eigenvalue weighted by Gasteiger charge is 2.48. The average Bonchev–Trinajstić information content (AvgIpc) is 3.01. The zero-order chi connectivity index (χ0) is 23.1. The Balaban J connectivity index is 1.82. The van der Waals surface area contributed by atoms with Gasteiger partial charge in [-0.05, 0) is 69.6 Å². The van der Waals surface area contributed by atoms with Crippen molar-refractivity contribution in [3.05, 3.63) is 95.1 Å². The molecule has 0 amide bonds. The van der Waals surface area contributed by atoms with E-state index in [1.807, 2.05) is 72.8 Å². The number of hydrogen-bond acceptors (Lipinski definition) is 4. The van der Waals surface area contributed by atoms with Gasteiger partial charge in [0.05, 0.1) is 5.56 Å². The molecule has 3 aromatic rings. The third-order valence-corrected chi connectivity index (χ3v) is 6.84. The normalized spacial score (nSPS) is 15.1.